The molecule has 6 nitrogen and oxygen atoms in total. The smallest absolute Gasteiger partial charge is 0.240 e. The van der Waals surface area contributed by atoms with Gasteiger partial charge >= 0.3 is 0 Å². The topological polar surface area (TPSA) is 82.9 Å². The maximum absolute atomic E-state index is 12.3. The highest BCUT2D eigenvalue weighted by Gasteiger charge is 2.32. The first-order chi connectivity index (χ1) is 14.0. The summed E-state index contributed by atoms with van der Waals surface area (Å²) in [6.45, 7) is 3.94. The molecule has 2 N–H and O–H groups in total. The van der Waals surface area contributed by atoms with Crippen LogP contribution >= 0.6 is 11.8 Å². The summed E-state index contributed by atoms with van der Waals surface area (Å²) in [7, 11) is 0. The Morgan fingerprint density at radius 3 is 2.76 bits per heavy atom. The SMILES string of the molecule is Cc1cccc(NC(=O)CC2S/C(=N/N=CC=Cc3ccccc3)NC2=O)c1C. The van der Waals surface area contributed by atoms with Crippen LogP contribution in [0, 0.1) is 13.8 Å². The monoisotopic (exact) mass is 406 g/mol. The van der Waals surface area contributed by atoms with E-state index in [1.165, 1.54) is 11.8 Å². The van der Waals surface area contributed by atoms with Gasteiger partial charge in [0.05, 0.1) is 0 Å². The number of amides is 2. The molecule has 148 valence electrons. The molecule has 1 aliphatic heterocycles. The van der Waals surface area contributed by atoms with E-state index in [1.807, 2.05) is 68.5 Å². The van der Waals surface area contributed by atoms with Crippen molar-refractivity contribution in [2.45, 2.75) is 25.5 Å². The fraction of sp³-hybridized carbons (Fsp3) is 0.182. The predicted octanol–water partition coefficient (Wildman–Crippen LogP) is 3.92. The Kier molecular flexibility index (Phi) is 6.97. The van der Waals surface area contributed by atoms with Crippen molar-refractivity contribution in [3.8, 4) is 0 Å². The van der Waals surface area contributed by atoms with E-state index in [9.17, 15) is 9.59 Å². The number of carbonyl (C=O) groups excluding carboxylic acids is 2. The summed E-state index contributed by atoms with van der Waals surface area (Å²) in [6.07, 6.45) is 5.30. The van der Waals surface area contributed by atoms with E-state index in [1.54, 1.807) is 12.3 Å². The number of hydrogen-bond donors (Lipinski definition) is 2. The van der Waals surface area contributed by atoms with E-state index in [2.05, 4.69) is 20.8 Å². The van der Waals surface area contributed by atoms with Crippen molar-refractivity contribution < 1.29 is 9.59 Å². The number of aryl methyl sites for hydroxylation is 1. The van der Waals surface area contributed by atoms with Crippen LogP contribution in [0.25, 0.3) is 6.08 Å². The fourth-order valence-corrected chi connectivity index (χ4v) is 3.61. The van der Waals surface area contributed by atoms with Gasteiger partial charge in [-0.3, -0.25) is 9.59 Å². The minimum absolute atomic E-state index is 0.0700. The molecule has 7 heteroatoms. The van der Waals surface area contributed by atoms with Crippen molar-refractivity contribution in [1.82, 2.24) is 5.32 Å². The van der Waals surface area contributed by atoms with Gasteiger partial charge in [0.1, 0.15) is 5.25 Å². The summed E-state index contributed by atoms with van der Waals surface area (Å²) in [5, 5.41) is 13.4. The Balaban J connectivity index is 1.52. The molecule has 0 bridgehead atoms. The van der Waals surface area contributed by atoms with Crippen molar-refractivity contribution in [2.75, 3.05) is 5.32 Å². The van der Waals surface area contributed by atoms with Crippen LogP contribution in [0.2, 0.25) is 0 Å². The van der Waals surface area contributed by atoms with Gasteiger partial charge in [0.25, 0.3) is 0 Å². The van der Waals surface area contributed by atoms with Crippen LogP contribution < -0.4 is 10.6 Å². The van der Waals surface area contributed by atoms with Gasteiger partial charge in [0.15, 0.2) is 5.17 Å². The Labute approximate surface area is 174 Å². The number of carbonyl (C=O) groups is 2. The maximum Gasteiger partial charge on any atom is 0.240 e. The number of benzene rings is 2. The molecule has 0 aromatic heterocycles. The Morgan fingerprint density at radius 1 is 1.17 bits per heavy atom. The molecule has 0 spiro atoms. The Hall–Kier alpha value is -3.19. The summed E-state index contributed by atoms with van der Waals surface area (Å²) in [5.74, 6) is -0.443. The highest BCUT2D eigenvalue weighted by molar-refractivity contribution is 8.15. The second-order valence-corrected chi connectivity index (χ2v) is 7.73. The molecule has 1 atom stereocenters. The number of nitrogens with zero attached hydrogens (tertiary/aromatic N) is 2. The molecule has 2 amide bonds. The number of allylic oxidation sites excluding steroid dienone is 1. The molecule has 1 fully saturated rings. The van der Waals surface area contributed by atoms with Crippen molar-refractivity contribution in [3.63, 3.8) is 0 Å². The van der Waals surface area contributed by atoms with Crippen LogP contribution in [0.4, 0.5) is 5.69 Å². The lowest BCUT2D eigenvalue weighted by Crippen LogP contribution is -2.28. The average molecular weight is 407 g/mol. The first-order valence-corrected chi connectivity index (χ1v) is 10.1. The molecule has 1 aliphatic rings. The van der Waals surface area contributed by atoms with Gasteiger partial charge in [-0.25, -0.2) is 0 Å². The van der Waals surface area contributed by atoms with E-state index in [0.29, 0.717) is 5.17 Å². The van der Waals surface area contributed by atoms with Crippen molar-refractivity contribution in [1.29, 1.82) is 0 Å². The third-order valence-electron chi connectivity index (χ3n) is 4.42. The zero-order valence-electron chi connectivity index (χ0n) is 16.3. The van der Waals surface area contributed by atoms with Crippen LogP contribution in [-0.2, 0) is 9.59 Å². The van der Waals surface area contributed by atoms with E-state index < -0.39 is 5.25 Å². The standard InChI is InChI=1S/C22H22N4O2S/c1-15-8-6-12-18(16(15)2)24-20(27)14-19-21(28)25-22(29-19)26-23-13-7-11-17-9-4-3-5-10-17/h3-13,19H,14H2,1-2H3,(H,24,27)(H,25,26,28). The first-order valence-electron chi connectivity index (χ1n) is 9.19. The normalized spacial score (nSPS) is 17.9. The molecular weight excluding hydrogens is 384 g/mol. The molecule has 2 aromatic carbocycles. The molecule has 3 rings (SSSR count). The molecule has 29 heavy (non-hydrogen) atoms. The molecule has 0 aliphatic carbocycles. The molecule has 0 saturated carbocycles. The Morgan fingerprint density at radius 2 is 1.97 bits per heavy atom. The highest BCUT2D eigenvalue weighted by atomic mass is 32.2. The third kappa shape index (κ3) is 5.89. The van der Waals surface area contributed by atoms with Gasteiger partial charge in [0.2, 0.25) is 11.8 Å². The number of hydrogen-bond acceptors (Lipinski definition) is 5. The third-order valence-corrected chi connectivity index (χ3v) is 5.49. The summed E-state index contributed by atoms with van der Waals surface area (Å²) in [6, 6.07) is 15.6. The number of rotatable bonds is 6. The van der Waals surface area contributed by atoms with Crippen LogP contribution in [0.5, 0.6) is 0 Å². The van der Waals surface area contributed by atoms with Gasteiger partial charge in [0, 0.05) is 18.3 Å². The molecular formula is C22H22N4O2S. The number of anilines is 1. The van der Waals surface area contributed by atoms with Crippen LogP contribution in [-0.4, -0.2) is 28.4 Å². The summed E-state index contributed by atoms with van der Waals surface area (Å²) in [4.78, 5) is 24.4. The molecule has 1 unspecified atom stereocenters. The average Bonchev–Trinajstić information content (AvgIpc) is 3.05. The van der Waals surface area contributed by atoms with E-state index in [-0.39, 0.29) is 18.2 Å². The minimum Gasteiger partial charge on any atom is -0.326 e. The summed E-state index contributed by atoms with van der Waals surface area (Å²) in [5.41, 5.74) is 3.95. The highest BCUT2D eigenvalue weighted by Crippen LogP contribution is 2.24. The minimum atomic E-state index is -0.520. The lowest BCUT2D eigenvalue weighted by atomic mass is 10.1. The quantitative estimate of drug-likeness (QED) is 0.563. The molecule has 0 radical (unpaired) electrons. The zero-order chi connectivity index (χ0) is 20.6. The first kappa shape index (κ1) is 20.5. The second kappa shape index (κ2) is 9.84. The van der Waals surface area contributed by atoms with E-state index >= 15 is 0 Å². The van der Waals surface area contributed by atoms with Gasteiger partial charge in [-0.05, 0) is 42.7 Å². The molecule has 2 aromatic rings. The Bertz CT molecular complexity index is 984. The van der Waals surface area contributed by atoms with Crippen LogP contribution in [0.15, 0.2) is 64.8 Å². The van der Waals surface area contributed by atoms with Crippen molar-refractivity contribution in [2.24, 2.45) is 10.2 Å². The maximum atomic E-state index is 12.3. The molecule has 1 heterocycles. The van der Waals surface area contributed by atoms with E-state index in [4.69, 9.17) is 0 Å². The van der Waals surface area contributed by atoms with Crippen LogP contribution in [0.3, 0.4) is 0 Å². The van der Waals surface area contributed by atoms with Gasteiger partial charge in [-0.2, -0.15) is 5.10 Å². The lowest BCUT2D eigenvalue weighted by molar-refractivity contribution is -0.122. The fourth-order valence-electron chi connectivity index (χ4n) is 2.69. The second-order valence-electron chi connectivity index (χ2n) is 6.54. The summed E-state index contributed by atoms with van der Waals surface area (Å²) >= 11 is 1.21. The van der Waals surface area contributed by atoms with Crippen LogP contribution in [0.1, 0.15) is 23.1 Å². The number of thioether (sulfide) groups is 1. The molecule has 1 saturated heterocycles. The van der Waals surface area contributed by atoms with E-state index in [0.717, 1.165) is 22.4 Å². The largest absolute Gasteiger partial charge is 0.326 e. The number of amidine groups is 1. The lowest BCUT2D eigenvalue weighted by Gasteiger charge is -2.11. The van der Waals surface area contributed by atoms with Gasteiger partial charge in [-0.1, -0.05) is 60.3 Å². The number of nitrogens with one attached hydrogen (secondary N) is 2. The van der Waals surface area contributed by atoms with Crippen molar-refractivity contribution >= 4 is 46.7 Å². The zero-order valence-corrected chi connectivity index (χ0v) is 17.1. The van der Waals surface area contributed by atoms with Gasteiger partial charge in [-0.15, -0.1) is 5.10 Å². The predicted molar refractivity (Wildman–Crippen MR) is 120 cm³/mol. The summed E-state index contributed by atoms with van der Waals surface area (Å²) < 4.78 is 0. The van der Waals surface area contributed by atoms with Gasteiger partial charge < -0.3 is 10.6 Å². The van der Waals surface area contributed by atoms with Crippen molar-refractivity contribution in [3.05, 3.63) is 71.3 Å².